The molecule has 5 heteroatoms. The van der Waals surface area contributed by atoms with Crippen molar-refractivity contribution in [3.8, 4) is 11.1 Å². The van der Waals surface area contributed by atoms with Gasteiger partial charge in [0.25, 0.3) is 0 Å². The van der Waals surface area contributed by atoms with Crippen molar-refractivity contribution in [2.45, 2.75) is 12.1 Å². The van der Waals surface area contributed by atoms with Gasteiger partial charge in [-0.2, -0.15) is 13.2 Å². The highest BCUT2D eigenvalue weighted by molar-refractivity contribution is 6.30. The zero-order chi connectivity index (χ0) is 14.0. The second kappa shape index (κ2) is 5.43. The van der Waals surface area contributed by atoms with Gasteiger partial charge in [0.1, 0.15) is 0 Å². The third kappa shape index (κ3) is 3.23. The summed E-state index contributed by atoms with van der Waals surface area (Å²) >= 11 is 11.7. The molecule has 0 aliphatic rings. The molecule has 0 heterocycles. The Kier molecular flexibility index (Phi) is 4.07. The molecule has 0 atom stereocenters. The second-order valence-electron chi connectivity index (χ2n) is 4.01. The molecule has 0 spiro atoms. The highest BCUT2D eigenvalue weighted by atomic mass is 35.5. The summed E-state index contributed by atoms with van der Waals surface area (Å²) in [4.78, 5) is 0. The highest BCUT2D eigenvalue weighted by Gasteiger charge is 2.30. The summed E-state index contributed by atoms with van der Waals surface area (Å²) in [6.45, 7) is 0. The molecule has 19 heavy (non-hydrogen) atoms. The van der Waals surface area contributed by atoms with E-state index in [9.17, 15) is 13.2 Å². The number of halogens is 5. The molecule has 0 unspecified atom stereocenters. The molecule has 0 fully saturated rings. The Morgan fingerprint density at radius 3 is 2.37 bits per heavy atom. The van der Waals surface area contributed by atoms with Crippen molar-refractivity contribution in [1.29, 1.82) is 0 Å². The van der Waals surface area contributed by atoms with E-state index in [2.05, 4.69) is 0 Å². The molecule has 0 bridgehead atoms. The van der Waals surface area contributed by atoms with Gasteiger partial charge in [0.15, 0.2) is 0 Å². The van der Waals surface area contributed by atoms with E-state index in [1.165, 1.54) is 6.07 Å². The van der Waals surface area contributed by atoms with Crippen LogP contribution in [0, 0.1) is 0 Å². The first-order valence-corrected chi connectivity index (χ1v) is 6.35. The molecular formula is C14H9Cl2F3. The number of rotatable bonds is 2. The van der Waals surface area contributed by atoms with E-state index in [-0.39, 0.29) is 5.88 Å². The summed E-state index contributed by atoms with van der Waals surface area (Å²) in [5.41, 5.74) is 1.15. The first-order chi connectivity index (χ1) is 8.91. The van der Waals surface area contributed by atoms with Gasteiger partial charge in [0, 0.05) is 10.9 Å². The summed E-state index contributed by atoms with van der Waals surface area (Å²) in [5, 5.41) is 0.506. The van der Waals surface area contributed by atoms with Crippen LogP contribution in [0.3, 0.4) is 0 Å². The molecule has 2 aromatic rings. The number of benzene rings is 2. The largest absolute Gasteiger partial charge is 0.416 e. The summed E-state index contributed by atoms with van der Waals surface area (Å²) in [5.74, 6) is 0.187. The third-order valence-electron chi connectivity index (χ3n) is 2.71. The van der Waals surface area contributed by atoms with Gasteiger partial charge in [-0.1, -0.05) is 29.8 Å². The van der Waals surface area contributed by atoms with Crippen LogP contribution in [0.2, 0.25) is 5.02 Å². The third-order valence-corrected chi connectivity index (χ3v) is 3.24. The molecule has 0 saturated heterocycles. The molecule has 0 N–H and O–H groups in total. The van der Waals surface area contributed by atoms with Gasteiger partial charge in [-0.05, 0) is 41.0 Å². The number of alkyl halides is 4. The van der Waals surface area contributed by atoms with Gasteiger partial charge in [0.05, 0.1) is 5.56 Å². The first-order valence-electron chi connectivity index (χ1n) is 5.44. The smallest absolute Gasteiger partial charge is 0.166 e. The molecule has 0 aliphatic carbocycles. The maximum absolute atomic E-state index is 12.7. The lowest BCUT2D eigenvalue weighted by Gasteiger charge is -2.11. The molecule has 0 aromatic heterocycles. The molecule has 0 amide bonds. The Balaban J connectivity index is 2.53. The summed E-state index contributed by atoms with van der Waals surface area (Å²) in [6, 6.07) is 10.1. The van der Waals surface area contributed by atoms with Gasteiger partial charge in [-0.25, -0.2) is 0 Å². The predicted octanol–water partition coefficient (Wildman–Crippen LogP) is 5.76. The van der Waals surface area contributed by atoms with Crippen molar-refractivity contribution >= 4 is 23.2 Å². The first kappa shape index (κ1) is 14.2. The van der Waals surface area contributed by atoms with E-state index in [1.54, 1.807) is 24.3 Å². The monoisotopic (exact) mass is 304 g/mol. The van der Waals surface area contributed by atoms with Crippen LogP contribution in [-0.2, 0) is 12.1 Å². The van der Waals surface area contributed by atoms with Gasteiger partial charge in [-0.15, -0.1) is 11.6 Å². The van der Waals surface area contributed by atoms with Crippen molar-refractivity contribution < 1.29 is 13.2 Å². The minimum absolute atomic E-state index is 0.187. The van der Waals surface area contributed by atoms with Crippen LogP contribution in [0.15, 0.2) is 42.5 Å². The molecule has 0 radical (unpaired) electrons. The van der Waals surface area contributed by atoms with Crippen LogP contribution in [0.5, 0.6) is 0 Å². The molecule has 0 nitrogen and oxygen atoms in total. The molecule has 2 aromatic carbocycles. The maximum Gasteiger partial charge on any atom is 0.416 e. The van der Waals surface area contributed by atoms with E-state index >= 15 is 0 Å². The SMILES string of the molecule is FC(F)(F)c1cccc(-c2ccc(Cl)cc2CCl)c1. The average molecular weight is 305 g/mol. The second-order valence-corrected chi connectivity index (χ2v) is 4.72. The highest BCUT2D eigenvalue weighted by Crippen LogP contribution is 2.34. The van der Waals surface area contributed by atoms with Crippen molar-refractivity contribution in [3.05, 3.63) is 58.6 Å². The van der Waals surface area contributed by atoms with Crippen molar-refractivity contribution in [1.82, 2.24) is 0 Å². The lowest BCUT2D eigenvalue weighted by Crippen LogP contribution is -2.04. The predicted molar refractivity (Wildman–Crippen MR) is 71.4 cm³/mol. The lowest BCUT2D eigenvalue weighted by molar-refractivity contribution is -0.137. The standard InChI is InChI=1S/C14H9Cl2F3/c15-8-10-7-12(16)4-5-13(10)9-2-1-3-11(6-9)14(17,18)19/h1-7H,8H2. The van der Waals surface area contributed by atoms with Crippen LogP contribution in [0.4, 0.5) is 13.2 Å². The minimum atomic E-state index is -4.36. The lowest BCUT2D eigenvalue weighted by atomic mass is 9.99. The maximum atomic E-state index is 12.7. The fourth-order valence-corrected chi connectivity index (χ4v) is 2.23. The Labute approximate surface area is 118 Å². The van der Waals surface area contributed by atoms with Crippen LogP contribution in [0.25, 0.3) is 11.1 Å². The fourth-order valence-electron chi connectivity index (χ4n) is 1.82. The summed E-state index contributed by atoms with van der Waals surface area (Å²) in [7, 11) is 0. The normalized spacial score (nSPS) is 11.6. The van der Waals surface area contributed by atoms with Crippen molar-refractivity contribution in [2.24, 2.45) is 0 Å². The van der Waals surface area contributed by atoms with Crippen molar-refractivity contribution in [3.63, 3.8) is 0 Å². The van der Waals surface area contributed by atoms with E-state index in [0.717, 1.165) is 12.1 Å². The van der Waals surface area contributed by atoms with E-state index < -0.39 is 11.7 Å². The zero-order valence-electron chi connectivity index (χ0n) is 9.64. The van der Waals surface area contributed by atoms with Gasteiger partial charge in [0.2, 0.25) is 0 Å². The fraction of sp³-hybridized carbons (Fsp3) is 0.143. The molecule has 0 saturated carbocycles. The quantitative estimate of drug-likeness (QED) is 0.618. The van der Waals surface area contributed by atoms with Gasteiger partial charge < -0.3 is 0 Å². The summed E-state index contributed by atoms with van der Waals surface area (Å²) < 4.78 is 38.0. The molecule has 0 aliphatic heterocycles. The Hall–Kier alpha value is -1.19. The van der Waals surface area contributed by atoms with Crippen LogP contribution in [-0.4, -0.2) is 0 Å². The van der Waals surface area contributed by atoms with Crippen molar-refractivity contribution in [2.75, 3.05) is 0 Å². The molecule has 2 rings (SSSR count). The van der Waals surface area contributed by atoms with Gasteiger partial charge in [-0.3, -0.25) is 0 Å². The number of hydrogen-bond acceptors (Lipinski definition) is 0. The topological polar surface area (TPSA) is 0 Å². The van der Waals surface area contributed by atoms with E-state index in [4.69, 9.17) is 23.2 Å². The molecule has 100 valence electrons. The minimum Gasteiger partial charge on any atom is -0.166 e. The van der Waals surface area contributed by atoms with Crippen LogP contribution in [0.1, 0.15) is 11.1 Å². The Morgan fingerprint density at radius 1 is 1.00 bits per heavy atom. The van der Waals surface area contributed by atoms with Gasteiger partial charge >= 0.3 is 6.18 Å². The van der Waals surface area contributed by atoms with Crippen LogP contribution < -0.4 is 0 Å². The van der Waals surface area contributed by atoms with E-state index in [0.29, 0.717) is 21.7 Å². The zero-order valence-corrected chi connectivity index (χ0v) is 11.2. The van der Waals surface area contributed by atoms with E-state index in [1.807, 2.05) is 0 Å². The Morgan fingerprint density at radius 2 is 1.74 bits per heavy atom. The molecular weight excluding hydrogens is 296 g/mol. The Bertz CT molecular complexity index is 591. The average Bonchev–Trinajstić information content (AvgIpc) is 2.37. The van der Waals surface area contributed by atoms with Crippen LogP contribution >= 0.6 is 23.2 Å². The number of hydrogen-bond donors (Lipinski definition) is 0. The summed E-state index contributed by atoms with van der Waals surface area (Å²) in [6.07, 6.45) is -4.36.